The molecule has 108 valence electrons. The van der Waals surface area contributed by atoms with E-state index in [1.807, 2.05) is 24.3 Å². The lowest BCUT2D eigenvalue weighted by Crippen LogP contribution is -2.28. The van der Waals surface area contributed by atoms with Gasteiger partial charge in [-0.3, -0.25) is 5.84 Å². The van der Waals surface area contributed by atoms with Crippen LogP contribution in [-0.2, 0) is 0 Å². The molecule has 0 spiro atoms. The van der Waals surface area contributed by atoms with E-state index in [4.69, 9.17) is 10.6 Å². The molecular formula is C16H15FN2OS. The predicted molar refractivity (Wildman–Crippen MR) is 83.9 cm³/mol. The van der Waals surface area contributed by atoms with Crippen molar-refractivity contribution in [1.29, 1.82) is 0 Å². The summed E-state index contributed by atoms with van der Waals surface area (Å²) in [4.78, 5) is 0. The molecule has 0 bridgehead atoms. The Balaban J connectivity index is 2.08. The first-order valence-corrected chi connectivity index (χ1v) is 7.38. The number of halogens is 1. The van der Waals surface area contributed by atoms with E-state index in [0.29, 0.717) is 0 Å². The highest BCUT2D eigenvalue weighted by Crippen LogP contribution is 2.34. The van der Waals surface area contributed by atoms with Crippen LogP contribution in [0.25, 0.3) is 10.1 Å². The molecule has 2 aromatic carbocycles. The molecule has 21 heavy (non-hydrogen) atoms. The zero-order chi connectivity index (χ0) is 14.8. The second-order valence-electron chi connectivity index (χ2n) is 4.68. The summed E-state index contributed by atoms with van der Waals surface area (Å²) >= 11 is 1.65. The van der Waals surface area contributed by atoms with Gasteiger partial charge in [-0.2, -0.15) is 0 Å². The summed E-state index contributed by atoms with van der Waals surface area (Å²) in [5, 5.41) is 3.18. The minimum Gasteiger partial charge on any atom is -0.494 e. The summed E-state index contributed by atoms with van der Waals surface area (Å²) < 4.78 is 20.0. The van der Waals surface area contributed by atoms with E-state index in [2.05, 4.69) is 16.9 Å². The van der Waals surface area contributed by atoms with Gasteiger partial charge in [0.1, 0.15) is 0 Å². The van der Waals surface area contributed by atoms with Crippen molar-refractivity contribution in [2.75, 3.05) is 7.11 Å². The van der Waals surface area contributed by atoms with Gasteiger partial charge in [-0.25, -0.2) is 9.82 Å². The van der Waals surface area contributed by atoms with Crippen molar-refractivity contribution >= 4 is 21.4 Å². The van der Waals surface area contributed by atoms with Gasteiger partial charge >= 0.3 is 0 Å². The van der Waals surface area contributed by atoms with Gasteiger partial charge in [0.25, 0.3) is 0 Å². The average Bonchev–Trinajstić information content (AvgIpc) is 2.93. The maximum atomic E-state index is 13.9. The lowest BCUT2D eigenvalue weighted by atomic mass is 9.98. The minimum absolute atomic E-state index is 0.227. The third-order valence-corrected chi connectivity index (χ3v) is 4.48. The van der Waals surface area contributed by atoms with Crippen LogP contribution < -0.4 is 16.0 Å². The van der Waals surface area contributed by atoms with Crippen LogP contribution in [0.4, 0.5) is 4.39 Å². The highest BCUT2D eigenvalue weighted by molar-refractivity contribution is 7.17. The summed E-state index contributed by atoms with van der Waals surface area (Å²) in [6.45, 7) is 0. The minimum atomic E-state index is -0.394. The van der Waals surface area contributed by atoms with Crippen molar-refractivity contribution in [2.24, 2.45) is 5.84 Å². The molecule has 0 aliphatic carbocycles. The van der Waals surface area contributed by atoms with Crippen molar-refractivity contribution in [1.82, 2.24) is 5.43 Å². The fraction of sp³-hybridized carbons (Fsp3) is 0.125. The first kappa shape index (κ1) is 14.0. The normalized spacial score (nSPS) is 12.5. The molecule has 0 fully saturated rings. The summed E-state index contributed by atoms with van der Waals surface area (Å²) in [6, 6.07) is 12.7. The Hall–Kier alpha value is -1.95. The van der Waals surface area contributed by atoms with Crippen molar-refractivity contribution in [3.05, 3.63) is 64.8 Å². The number of rotatable bonds is 4. The third-order valence-electron chi connectivity index (χ3n) is 3.50. The lowest BCUT2D eigenvalue weighted by molar-refractivity contribution is 0.385. The molecule has 3 nitrogen and oxygen atoms in total. The van der Waals surface area contributed by atoms with E-state index in [1.165, 1.54) is 17.9 Å². The van der Waals surface area contributed by atoms with E-state index < -0.39 is 5.82 Å². The summed E-state index contributed by atoms with van der Waals surface area (Å²) in [5.41, 5.74) is 4.58. The SMILES string of the molecule is COc1ccc(C(NN)c2csc3ccccc23)cc1F. The van der Waals surface area contributed by atoms with Crippen LogP contribution in [0, 0.1) is 5.82 Å². The number of hydrogen-bond acceptors (Lipinski definition) is 4. The molecule has 0 amide bonds. The number of hydrogen-bond donors (Lipinski definition) is 2. The summed E-state index contributed by atoms with van der Waals surface area (Å²) in [7, 11) is 1.45. The molecular weight excluding hydrogens is 287 g/mol. The van der Waals surface area contributed by atoms with Crippen LogP contribution in [-0.4, -0.2) is 7.11 Å². The van der Waals surface area contributed by atoms with Gasteiger partial charge in [-0.1, -0.05) is 24.3 Å². The van der Waals surface area contributed by atoms with Gasteiger partial charge < -0.3 is 4.74 Å². The number of nitrogens with two attached hydrogens (primary N) is 1. The Morgan fingerprint density at radius 3 is 2.76 bits per heavy atom. The fourth-order valence-electron chi connectivity index (χ4n) is 2.45. The predicted octanol–water partition coefficient (Wildman–Crippen LogP) is 3.60. The van der Waals surface area contributed by atoms with Crippen LogP contribution in [0.15, 0.2) is 47.8 Å². The van der Waals surface area contributed by atoms with Crippen molar-refractivity contribution in [3.8, 4) is 5.75 Å². The van der Waals surface area contributed by atoms with Crippen LogP contribution in [0.5, 0.6) is 5.75 Å². The molecule has 3 rings (SSSR count). The highest BCUT2D eigenvalue weighted by Gasteiger charge is 2.18. The van der Waals surface area contributed by atoms with E-state index in [-0.39, 0.29) is 11.8 Å². The quantitative estimate of drug-likeness (QED) is 0.572. The number of fused-ring (bicyclic) bond motifs is 1. The molecule has 0 aliphatic heterocycles. The zero-order valence-corrected chi connectivity index (χ0v) is 12.3. The number of benzene rings is 2. The number of thiophene rings is 1. The van der Waals surface area contributed by atoms with Crippen LogP contribution in [0.2, 0.25) is 0 Å². The number of methoxy groups -OCH3 is 1. The zero-order valence-electron chi connectivity index (χ0n) is 11.5. The molecule has 0 radical (unpaired) electrons. The van der Waals surface area contributed by atoms with Gasteiger partial charge in [0.15, 0.2) is 11.6 Å². The molecule has 0 saturated carbocycles. The summed E-state index contributed by atoms with van der Waals surface area (Å²) in [6.07, 6.45) is 0. The smallest absolute Gasteiger partial charge is 0.165 e. The maximum Gasteiger partial charge on any atom is 0.165 e. The van der Waals surface area contributed by atoms with Crippen molar-refractivity contribution < 1.29 is 9.13 Å². The number of ether oxygens (including phenoxy) is 1. The topological polar surface area (TPSA) is 47.3 Å². The van der Waals surface area contributed by atoms with E-state index in [0.717, 1.165) is 16.5 Å². The molecule has 1 aromatic heterocycles. The number of nitrogens with one attached hydrogen (secondary N) is 1. The lowest BCUT2D eigenvalue weighted by Gasteiger charge is -2.17. The van der Waals surface area contributed by atoms with E-state index in [9.17, 15) is 4.39 Å². The Kier molecular flexibility index (Phi) is 3.88. The molecule has 3 N–H and O–H groups in total. The second-order valence-corrected chi connectivity index (χ2v) is 5.59. The third kappa shape index (κ3) is 2.51. The molecule has 3 aromatic rings. The van der Waals surface area contributed by atoms with Crippen LogP contribution in [0.1, 0.15) is 17.2 Å². The molecule has 5 heteroatoms. The fourth-order valence-corrected chi connectivity index (χ4v) is 3.44. The molecule has 0 aliphatic rings. The van der Waals surface area contributed by atoms with Gasteiger partial charge in [-0.05, 0) is 40.1 Å². The van der Waals surface area contributed by atoms with Crippen LogP contribution >= 0.6 is 11.3 Å². The first-order valence-electron chi connectivity index (χ1n) is 6.50. The standard InChI is InChI=1S/C16H15FN2OS/c1-20-14-7-6-10(8-13(14)17)16(19-18)12-9-21-15-5-3-2-4-11(12)15/h2-9,16,19H,18H2,1H3. The van der Waals surface area contributed by atoms with E-state index >= 15 is 0 Å². The van der Waals surface area contributed by atoms with E-state index in [1.54, 1.807) is 17.4 Å². The Morgan fingerprint density at radius 2 is 2.05 bits per heavy atom. The van der Waals surface area contributed by atoms with Crippen molar-refractivity contribution in [2.45, 2.75) is 6.04 Å². The molecule has 0 saturated heterocycles. The van der Waals surface area contributed by atoms with Gasteiger partial charge in [0.05, 0.1) is 13.2 Å². The van der Waals surface area contributed by atoms with Crippen molar-refractivity contribution in [3.63, 3.8) is 0 Å². The molecule has 1 atom stereocenters. The average molecular weight is 302 g/mol. The highest BCUT2D eigenvalue weighted by atomic mass is 32.1. The maximum absolute atomic E-state index is 13.9. The Morgan fingerprint density at radius 1 is 1.24 bits per heavy atom. The largest absolute Gasteiger partial charge is 0.494 e. The number of hydrazine groups is 1. The monoisotopic (exact) mass is 302 g/mol. The van der Waals surface area contributed by atoms with Gasteiger partial charge in [0, 0.05) is 4.70 Å². The van der Waals surface area contributed by atoms with Crippen LogP contribution in [0.3, 0.4) is 0 Å². The van der Waals surface area contributed by atoms with Gasteiger partial charge in [-0.15, -0.1) is 11.3 Å². The first-order chi connectivity index (χ1) is 10.2. The molecule has 1 heterocycles. The Bertz CT molecular complexity index is 772. The Labute approximate surface area is 126 Å². The second kappa shape index (κ2) is 5.81. The van der Waals surface area contributed by atoms with Gasteiger partial charge in [0.2, 0.25) is 0 Å². The molecule has 1 unspecified atom stereocenters. The summed E-state index contributed by atoms with van der Waals surface area (Å²) in [5.74, 6) is 5.54.